The van der Waals surface area contributed by atoms with Gasteiger partial charge in [-0.25, -0.2) is 0 Å². The van der Waals surface area contributed by atoms with Crippen molar-refractivity contribution in [3.05, 3.63) is 51.5 Å². The molecule has 0 aliphatic rings. The van der Waals surface area contributed by atoms with Gasteiger partial charge in [0, 0.05) is 15.1 Å². The van der Waals surface area contributed by atoms with Gasteiger partial charge in [0.05, 0.1) is 11.3 Å². The molecular weight excluding hydrogens is 344 g/mol. The van der Waals surface area contributed by atoms with Crippen LogP contribution in [0.1, 0.15) is 23.6 Å². The average Bonchev–Trinajstić information content (AvgIpc) is 2.43. The Morgan fingerprint density at radius 1 is 1.24 bits per heavy atom. The topological polar surface area (TPSA) is 35.8 Å². The number of nitriles is 1. The molecule has 0 bridgehead atoms. The Morgan fingerprint density at radius 3 is 2.48 bits per heavy atom. The van der Waals surface area contributed by atoms with E-state index in [1.54, 1.807) is 11.8 Å². The zero-order chi connectivity index (χ0) is 15.4. The number of nitrogens with zero attached hydrogens (tertiary/aromatic N) is 1. The third-order valence-corrected chi connectivity index (χ3v) is 4.59. The average molecular weight is 361 g/mol. The summed E-state index contributed by atoms with van der Waals surface area (Å²) in [4.78, 5) is 1.03. The molecule has 0 amide bonds. The lowest BCUT2D eigenvalue weighted by Crippen LogP contribution is -1.99. The van der Waals surface area contributed by atoms with E-state index in [0.717, 1.165) is 37.6 Å². The molecule has 0 aromatic heterocycles. The van der Waals surface area contributed by atoms with Crippen LogP contribution in [-0.4, -0.2) is 5.75 Å². The van der Waals surface area contributed by atoms with E-state index in [0.29, 0.717) is 5.56 Å². The molecule has 2 nitrogen and oxygen atoms in total. The molecule has 0 unspecified atom stereocenters. The van der Waals surface area contributed by atoms with E-state index < -0.39 is 0 Å². The minimum absolute atomic E-state index is 0.714. The van der Waals surface area contributed by atoms with Gasteiger partial charge < -0.3 is 5.32 Å². The summed E-state index contributed by atoms with van der Waals surface area (Å²) in [5.74, 6) is 0.953. The summed E-state index contributed by atoms with van der Waals surface area (Å²) in [5, 5.41) is 12.9. The van der Waals surface area contributed by atoms with Gasteiger partial charge in [0.15, 0.2) is 0 Å². The summed E-state index contributed by atoms with van der Waals surface area (Å²) in [7, 11) is 0. The molecular formula is C17H17BrN2S. The number of nitrogens with one attached hydrogen (secondary N) is 1. The van der Waals surface area contributed by atoms with Crippen LogP contribution in [0.3, 0.4) is 0 Å². The van der Waals surface area contributed by atoms with E-state index in [1.165, 1.54) is 0 Å². The monoisotopic (exact) mass is 360 g/mol. The number of halogens is 1. The molecule has 2 rings (SSSR count). The fourth-order valence-corrected chi connectivity index (χ4v) is 3.74. The minimum Gasteiger partial charge on any atom is -0.354 e. The molecule has 0 fully saturated rings. The number of aryl methyl sites for hydroxylation is 2. The third kappa shape index (κ3) is 3.61. The Hall–Kier alpha value is -1.44. The van der Waals surface area contributed by atoms with E-state index >= 15 is 0 Å². The van der Waals surface area contributed by atoms with E-state index in [4.69, 9.17) is 0 Å². The predicted molar refractivity (Wildman–Crippen MR) is 94.5 cm³/mol. The molecule has 2 aromatic rings. The van der Waals surface area contributed by atoms with Crippen LogP contribution in [0.4, 0.5) is 11.4 Å². The van der Waals surface area contributed by atoms with Crippen molar-refractivity contribution in [3.8, 4) is 6.07 Å². The fourth-order valence-electron chi connectivity index (χ4n) is 2.27. The second-order valence-corrected chi connectivity index (χ2v) is 6.98. The van der Waals surface area contributed by atoms with Gasteiger partial charge in [0.1, 0.15) is 6.07 Å². The molecule has 0 saturated carbocycles. The Morgan fingerprint density at radius 2 is 1.90 bits per heavy atom. The zero-order valence-electron chi connectivity index (χ0n) is 12.3. The molecule has 1 N–H and O–H groups in total. The van der Waals surface area contributed by atoms with E-state index in [9.17, 15) is 5.26 Å². The second kappa shape index (κ2) is 7.02. The summed E-state index contributed by atoms with van der Waals surface area (Å²) in [6, 6.07) is 12.4. The zero-order valence-corrected chi connectivity index (χ0v) is 14.7. The van der Waals surface area contributed by atoms with Crippen LogP contribution in [0.15, 0.2) is 39.7 Å². The SMILES string of the molecule is CCSc1cccc(Nc2c(C)cc(Br)cc2C)c1C#N. The highest BCUT2D eigenvalue weighted by Gasteiger charge is 2.11. The summed E-state index contributed by atoms with van der Waals surface area (Å²) >= 11 is 5.20. The largest absolute Gasteiger partial charge is 0.354 e. The van der Waals surface area contributed by atoms with Crippen molar-refractivity contribution in [2.24, 2.45) is 0 Å². The normalized spacial score (nSPS) is 10.2. The highest BCUT2D eigenvalue weighted by molar-refractivity contribution is 9.10. The van der Waals surface area contributed by atoms with E-state index in [1.807, 2.05) is 18.2 Å². The minimum atomic E-state index is 0.714. The Bertz CT molecular complexity index is 681. The predicted octanol–water partition coefficient (Wildman–Crippen LogP) is 5.79. The van der Waals surface area contributed by atoms with Crippen molar-refractivity contribution < 1.29 is 0 Å². The van der Waals surface area contributed by atoms with E-state index in [-0.39, 0.29) is 0 Å². The number of hydrogen-bond donors (Lipinski definition) is 1. The molecule has 0 atom stereocenters. The van der Waals surface area contributed by atoms with Crippen LogP contribution in [0, 0.1) is 25.2 Å². The summed E-state index contributed by atoms with van der Waals surface area (Å²) < 4.78 is 1.07. The molecule has 0 radical (unpaired) electrons. The first-order valence-electron chi connectivity index (χ1n) is 6.76. The molecule has 0 heterocycles. The van der Waals surface area contributed by atoms with Crippen LogP contribution in [-0.2, 0) is 0 Å². The molecule has 2 aromatic carbocycles. The Kier molecular flexibility index (Phi) is 5.33. The summed E-state index contributed by atoms with van der Waals surface area (Å²) in [6.07, 6.45) is 0. The third-order valence-electron chi connectivity index (χ3n) is 3.20. The number of thioether (sulfide) groups is 1. The number of anilines is 2. The molecule has 0 aliphatic carbocycles. The lowest BCUT2D eigenvalue weighted by molar-refractivity contribution is 1.31. The summed E-state index contributed by atoms with van der Waals surface area (Å²) in [6.45, 7) is 6.22. The Balaban J connectivity index is 2.46. The molecule has 21 heavy (non-hydrogen) atoms. The van der Waals surface area contributed by atoms with Crippen LogP contribution in [0.25, 0.3) is 0 Å². The number of rotatable bonds is 4. The smallest absolute Gasteiger partial charge is 0.103 e. The quantitative estimate of drug-likeness (QED) is 0.700. The van der Waals surface area contributed by atoms with Crippen molar-refractivity contribution >= 4 is 39.1 Å². The molecule has 4 heteroatoms. The highest BCUT2D eigenvalue weighted by atomic mass is 79.9. The lowest BCUT2D eigenvalue weighted by atomic mass is 10.1. The van der Waals surface area contributed by atoms with Gasteiger partial charge in [0.2, 0.25) is 0 Å². The standard InChI is InChI=1S/C17H17BrN2S/c1-4-21-16-7-5-6-15(14(16)10-19)20-17-11(2)8-13(18)9-12(17)3/h5-9,20H,4H2,1-3H3. The van der Waals surface area contributed by atoms with Gasteiger partial charge in [-0.3, -0.25) is 0 Å². The molecule has 0 saturated heterocycles. The van der Waals surface area contributed by atoms with E-state index in [2.05, 4.69) is 60.2 Å². The maximum Gasteiger partial charge on any atom is 0.103 e. The molecule has 0 spiro atoms. The van der Waals surface area contributed by atoms with Gasteiger partial charge in [0.25, 0.3) is 0 Å². The van der Waals surface area contributed by atoms with Crippen LogP contribution in [0.5, 0.6) is 0 Å². The van der Waals surface area contributed by atoms with Crippen LogP contribution in [0.2, 0.25) is 0 Å². The molecule has 0 aliphatic heterocycles. The van der Waals surface area contributed by atoms with Gasteiger partial charge in [-0.1, -0.05) is 28.9 Å². The number of hydrogen-bond acceptors (Lipinski definition) is 3. The lowest BCUT2D eigenvalue weighted by Gasteiger charge is -2.15. The van der Waals surface area contributed by atoms with Crippen molar-refractivity contribution in [2.75, 3.05) is 11.1 Å². The van der Waals surface area contributed by atoms with Crippen molar-refractivity contribution in [1.29, 1.82) is 5.26 Å². The van der Waals surface area contributed by atoms with Gasteiger partial charge in [-0.05, 0) is 55.0 Å². The van der Waals surface area contributed by atoms with Gasteiger partial charge >= 0.3 is 0 Å². The molecule has 108 valence electrons. The first-order valence-corrected chi connectivity index (χ1v) is 8.54. The second-order valence-electron chi connectivity index (χ2n) is 4.76. The number of benzene rings is 2. The van der Waals surface area contributed by atoms with Gasteiger partial charge in [-0.15, -0.1) is 11.8 Å². The van der Waals surface area contributed by atoms with Gasteiger partial charge in [-0.2, -0.15) is 5.26 Å². The maximum absolute atomic E-state index is 9.48. The van der Waals surface area contributed by atoms with Crippen LogP contribution < -0.4 is 5.32 Å². The van der Waals surface area contributed by atoms with Crippen LogP contribution >= 0.6 is 27.7 Å². The highest BCUT2D eigenvalue weighted by Crippen LogP contribution is 2.33. The van der Waals surface area contributed by atoms with Crippen molar-refractivity contribution in [1.82, 2.24) is 0 Å². The maximum atomic E-state index is 9.48. The fraction of sp³-hybridized carbons (Fsp3) is 0.235. The van der Waals surface area contributed by atoms with Crippen molar-refractivity contribution in [3.63, 3.8) is 0 Å². The van der Waals surface area contributed by atoms with Crippen molar-refractivity contribution in [2.45, 2.75) is 25.7 Å². The summed E-state index contributed by atoms with van der Waals surface area (Å²) in [5.41, 5.74) is 4.95. The Labute approximate surface area is 138 Å². The first-order chi connectivity index (χ1) is 10.1. The first kappa shape index (κ1) is 15.9.